The maximum Gasteiger partial charge on any atom is 0.239 e. The number of aliphatic imine (C=N–C) groups is 1. The molecule has 0 radical (unpaired) electrons. The smallest absolute Gasteiger partial charge is 0.239 e. The average Bonchev–Trinajstić information content (AvgIpc) is 3.81. The fourth-order valence-electron chi connectivity index (χ4n) is 9.78. The molecule has 3 aliphatic heterocycles. The third-order valence-corrected chi connectivity index (χ3v) is 14.1. The van der Waals surface area contributed by atoms with Crippen LogP contribution in [0.4, 0.5) is 22.7 Å². The van der Waals surface area contributed by atoms with Crippen molar-refractivity contribution in [3.63, 3.8) is 0 Å². The Bertz CT molecular complexity index is 2240. The summed E-state index contributed by atoms with van der Waals surface area (Å²) in [4.78, 5) is 45.5. The number of fused-ring (bicyclic) bond motifs is 1. The Balaban J connectivity index is 0.000000372. The Morgan fingerprint density at radius 1 is 0.890 bits per heavy atom. The number of piperidine rings is 1. The van der Waals surface area contributed by atoms with Crippen molar-refractivity contribution in [3.05, 3.63) is 112 Å². The first kappa shape index (κ1) is 62.0. The number of carbonyl (C=O) groups is 3. The molecule has 3 aromatic carbocycles. The number of halogens is 1. The monoisotopic (exact) mass is 1020 g/mol. The van der Waals surface area contributed by atoms with E-state index in [2.05, 4.69) is 106 Å². The van der Waals surface area contributed by atoms with E-state index in [1.807, 2.05) is 70.3 Å². The quantitative estimate of drug-likeness (QED) is 0.0314. The molecule has 12 nitrogen and oxygen atoms in total. The molecule has 3 aromatic rings. The topological polar surface area (TPSA) is 145 Å². The van der Waals surface area contributed by atoms with Crippen LogP contribution in [0.5, 0.6) is 0 Å². The zero-order valence-electron chi connectivity index (χ0n) is 46.4. The van der Waals surface area contributed by atoms with Crippen molar-refractivity contribution in [1.82, 2.24) is 9.80 Å². The minimum atomic E-state index is -0.583. The van der Waals surface area contributed by atoms with Gasteiger partial charge in [0.05, 0.1) is 28.7 Å². The van der Waals surface area contributed by atoms with Crippen molar-refractivity contribution in [2.75, 3.05) is 87.4 Å². The number of anilines is 4. The third-order valence-electron chi connectivity index (χ3n) is 13.8. The minimum Gasteiger partial charge on any atom is -0.381 e. The summed E-state index contributed by atoms with van der Waals surface area (Å²) in [5.74, 6) is 0.994. The van der Waals surface area contributed by atoms with E-state index in [4.69, 9.17) is 22.1 Å². The predicted octanol–water partition coefficient (Wildman–Crippen LogP) is 12.5. The summed E-state index contributed by atoms with van der Waals surface area (Å²) < 4.78 is 5.29. The van der Waals surface area contributed by atoms with Gasteiger partial charge in [-0.25, -0.2) is 0 Å². The van der Waals surface area contributed by atoms with E-state index in [0.717, 1.165) is 109 Å². The summed E-state index contributed by atoms with van der Waals surface area (Å²) in [6.45, 7) is 31.0. The number of allylic oxidation sites excluding steroid dienone is 4. The number of nitrogens with two attached hydrogens (primary N) is 1. The van der Waals surface area contributed by atoms with E-state index >= 15 is 0 Å². The van der Waals surface area contributed by atoms with Crippen molar-refractivity contribution in [1.29, 1.82) is 0 Å². The molecule has 3 unspecified atom stereocenters. The zero-order chi connectivity index (χ0) is 53.9. The first-order valence-corrected chi connectivity index (χ1v) is 27.4. The summed E-state index contributed by atoms with van der Waals surface area (Å²) in [5.41, 5.74) is 15.9. The highest BCUT2D eigenvalue weighted by atomic mass is 35.5. The number of rotatable bonds is 23. The number of Topliss-reactive ketones (excluding diaryl/α,β-unsaturated/α-hetero) is 1. The van der Waals surface area contributed by atoms with Crippen LogP contribution in [0.25, 0.3) is 5.57 Å². The van der Waals surface area contributed by atoms with Crippen LogP contribution in [0.2, 0.25) is 5.02 Å². The number of aldehydes is 1. The molecule has 2 saturated heterocycles. The van der Waals surface area contributed by atoms with Gasteiger partial charge in [0, 0.05) is 76.8 Å². The number of ether oxygens (including phenoxy) is 1. The molecule has 73 heavy (non-hydrogen) atoms. The maximum absolute atomic E-state index is 11.6. The molecule has 5 N–H and O–H groups in total. The normalized spacial score (nSPS) is 17.1. The van der Waals surface area contributed by atoms with Gasteiger partial charge >= 0.3 is 0 Å². The maximum atomic E-state index is 11.6. The van der Waals surface area contributed by atoms with E-state index < -0.39 is 11.9 Å². The van der Waals surface area contributed by atoms with E-state index in [1.165, 1.54) is 43.4 Å². The number of benzene rings is 3. The SMILES string of the molecule is C=C(/C=C(\C)C(C)N1CCC(c2ccc(C(C)=O)cc2)CC1)/C(=C\C=NC)c1ccc2c(c1)NC(COC)N2.CC.CC.CCCC(CCC)CN1CCN(c2ccc(NC(CCC=O)C(N)=O)cc2Cl)CC1. The summed E-state index contributed by atoms with van der Waals surface area (Å²) in [6, 6.07) is 20.1. The van der Waals surface area contributed by atoms with Crippen LogP contribution in [-0.2, 0) is 14.3 Å². The summed E-state index contributed by atoms with van der Waals surface area (Å²) >= 11 is 6.57. The Labute approximate surface area is 445 Å². The molecule has 402 valence electrons. The highest BCUT2D eigenvalue weighted by Crippen LogP contribution is 2.36. The van der Waals surface area contributed by atoms with Gasteiger partial charge in [0.25, 0.3) is 0 Å². The fraction of sp³-hybridized carbons (Fsp3) is 0.533. The Morgan fingerprint density at radius 3 is 2.08 bits per heavy atom. The molecular weight excluding hydrogens is 932 g/mol. The average molecular weight is 1020 g/mol. The molecule has 0 spiro atoms. The van der Waals surface area contributed by atoms with Gasteiger partial charge in [0.1, 0.15) is 18.5 Å². The van der Waals surface area contributed by atoms with Crippen LogP contribution in [-0.4, -0.2) is 119 Å². The lowest BCUT2D eigenvalue weighted by atomic mass is 9.87. The van der Waals surface area contributed by atoms with Gasteiger partial charge in [0.2, 0.25) is 5.91 Å². The standard InChI is InChI=1S/C33H42N4O2.C23H37ClN4O2.2C2H6/c1-22(24(3)37-17-14-28(15-18-37)27-9-7-26(8-10-27)25(4)38)19-23(2)30(13-16-34-5)29-11-12-31-32(20-29)36-33(35-31)21-39-6;1-3-6-18(7-4-2)17-27-11-13-28(14-12-27)22-10-9-19(16-20(22)24)26-21(23(25)30)8-5-15-29;2*1-2/h7-13,16,19-20,24,28,33,35-36H,2,14-15,17-18,21H2,1,3-6H3;9-10,15-16,18,21,26H,3-8,11-14,17H2,1-2H3,(H2,25,30);2*1-2H3/b22-19+,30-13+,34-16?;;;. The lowest BCUT2D eigenvalue weighted by Crippen LogP contribution is -2.48. The lowest BCUT2D eigenvalue weighted by molar-refractivity contribution is -0.119. The third kappa shape index (κ3) is 19.5. The fourth-order valence-corrected chi connectivity index (χ4v) is 10.1. The molecule has 13 heteroatoms. The van der Waals surface area contributed by atoms with E-state index in [-0.39, 0.29) is 18.4 Å². The molecule has 0 saturated carbocycles. The Hall–Kier alpha value is -5.27. The van der Waals surface area contributed by atoms with Crippen LogP contribution < -0.4 is 26.6 Å². The van der Waals surface area contributed by atoms with Crippen molar-refractivity contribution in [2.45, 2.75) is 138 Å². The van der Waals surface area contributed by atoms with Crippen LogP contribution in [0, 0.1) is 5.92 Å². The number of primary amides is 1. The van der Waals surface area contributed by atoms with Crippen molar-refractivity contribution in [3.8, 4) is 0 Å². The number of piperazine rings is 1. The number of nitrogens with one attached hydrogen (secondary N) is 3. The van der Waals surface area contributed by atoms with Gasteiger partial charge in [-0.1, -0.05) is 115 Å². The Morgan fingerprint density at radius 2 is 1.52 bits per heavy atom. The number of nitrogens with zero attached hydrogens (tertiary/aromatic N) is 4. The molecule has 3 aliphatic rings. The van der Waals surface area contributed by atoms with Crippen molar-refractivity contribution >= 4 is 64.1 Å². The lowest BCUT2D eigenvalue weighted by Gasteiger charge is -2.38. The second-order valence-corrected chi connectivity index (χ2v) is 19.3. The van der Waals surface area contributed by atoms with Gasteiger partial charge in [-0.2, -0.15) is 0 Å². The zero-order valence-corrected chi connectivity index (χ0v) is 47.1. The second-order valence-electron chi connectivity index (χ2n) is 18.9. The molecule has 0 bridgehead atoms. The summed E-state index contributed by atoms with van der Waals surface area (Å²) in [5, 5.41) is 10.7. The Kier molecular flexibility index (Phi) is 28.5. The van der Waals surface area contributed by atoms with Crippen LogP contribution in [0.1, 0.15) is 141 Å². The first-order chi connectivity index (χ1) is 35.3. The molecule has 3 atom stereocenters. The van der Waals surface area contributed by atoms with Gasteiger partial charge < -0.3 is 36.1 Å². The van der Waals surface area contributed by atoms with Crippen LogP contribution in [0.15, 0.2) is 95.5 Å². The van der Waals surface area contributed by atoms with E-state index in [9.17, 15) is 14.4 Å². The van der Waals surface area contributed by atoms with Gasteiger partial charge in [-0.05, 0) is 136 Å². The molecule has 2 fully saturated rings. The summed E-state index contributed by atoms with van der Waals surface area (Å²) in [7, 11) is 3.49. The molecule has 3 heterocycles. The van der Waals surface area contributed by atoms with Gasteiger partial charge in [0.15, 0.2) is 5.78 Å². The summed E-state index contributed by atoms with van der Waals surface area (Å²) in [6.07, 6.45) is 15.0. The van der Waals surface area contributed by atoms with E-state index in [1.54, 1.807) is 21.1 Å². The number of hydrogen-bond acceptors (Lipinski definition) is 11. The first-order valence-electron chi connectivity index (χ1n) is 27.1. The number of hydrogen-bond donors (Lipinski definition) is 4. The number of likely N-dealkylation sites (tertiary alicyclic amines) is 1. The highest BCUT2D eigenvalue weighted by Gasteiger charge is 2.26. The number of amides is 1. The molecule has 0 aromatic heterocycles. The van der Waals surface area contributed by atoms with Crippen molar-refractivity contribution in [2.24, 2.45) is 16.6 Å². The number of carbonyl (C=O) groups excluding carboxylic acids is 3. The molecule has 0 aliphatic carbocycles. The van der Waals surface area contributed by atoms with Crippen LogP contribution >= 0.6 is 11.6 Å². The minimum absolute atomic E-state index is 0.0696. The number of ketones is 1. The number of methoxy groups -OCH3 is 1. The molecule has 1 amide bonds. The van der Waals surface area contributed by atoms with E-state index in [0.29, 0.717) is 30.0 Å². The largest absolute Gasteiger partial charge is 0.381 e. The molecule has 6 rings (SSSR count). The van der Waals surface area contributed by atoms with Crippen molar-refractivity contribution < 1.29 is 19.1 Å². The highest BCUT2D eigenvalue weighted by molar-refractivity contribution is 6.33. The van der Waals surface area contributed by atoms with Crippen LogP contribution in [0.3, 0.4) is 0 Å². The van der Waals surface area contributed by atoms with Gasteiger partial charge in [-0.15, -0.1) is 0 Å². The van der Waals surface area contributed by atoms with Gasteiger partial charge in [-0.3, -0.25) is 24.4 Å². The second kappa shape index (κ2) is 33.5. The molecular formula is C60H91ClN8O4. The predicted molar refractivity (Wildman–Crippen MR) is 312 cm³/mol.